The monoisotopic (exact) mass is 430 g/mol. The van der Waals surface area contributed by atoms with Crippen molar-refractivity contribution in [3.05, 3.63) is 18.2 Å². The van der Waals surface area contributed by atoms with E-state index in [9.17, 15) is 18.0 Å². The molecule has 0 saturated carbocycles. The fourth-order valence-corrected chi connectivity index (χ4v) is 3.12. The van der Waals surface area contributed by atoms with E-state index in [4.69, 9.17) is 18.7 Å². The molecule has 0 spiro atoms. The van der Waals surface area contributed by atoms with Crippen LogP contribution in [0.4, 0.5) is 18.0 Å². The molecule has 166 valence electrons. The molecule has 1 aliphatic rings. The number of carbonyl (C=O) groups is 1. The second kappa shape index (κ2) is 8.61. The zero-order valence-corrected chi connectivity index (χ0v) is 17.1. The van der Waals surface area contributed by atoms with Gasteiger partial charge in [0.2, 0.25) is 0 Å². The van der Waals surface area contributed by atoms with Gasteiger partial charge in [-0.25, -0.2) is 4.79 Å². The maximum atomic E-state index is 12.5. The number of fused-ring (bicyclic) bond motifs is 1. The summed E-state index contributed by atoms with van der Waals surface area (Å²) in [6.07, 6.45) is -3.36. The highest BCUT2D eigenvalue weighted by atomic mass is 19.4. The smallest absolute Gasteiger partial charge is 0.422 e. The molecule has 1 aliphatic heterocycles. The lowest BCUT2D eigenvalue weighted by Gasteiger charge is -2.33. The molecule has 0 aliphatic carbocycles. The van der Waals surface area contributed by atoms with Crippen molar-refractivity contribution in [1.82, 2.24) is 10.1 Å². The highest BCUT2D eigenvalue weighted by Gasteiger charge is 2.30. The fourth-order valence-electron chi connectivity index (χ4n) is 3.12. The summed E-state index contributed by atoms with van der Waals surface area (Å²) >= 11 is 0. The Hall–Kier alpha value is -2.65. The average Bonchev–Trinajstić information content (AvgIpc) is 3.07. The van der Waals surface area contributed by atoms with Crippen LogP contribution in [0.15, 0.2) is 22.7 Å². The van der Waals surface area contributed by atoms with E-state index in [0.29, 0.717) is 32.5 Å². The molecule has 7 nitrogen and oxygen atoms in total. The number of hydrogen-bond acceptors (Lipinski definition) is 6. The maximum absolute atomic E-state index is 12.5. The van der Waals surface area contributed by atoms with E-state index >= 15 is 0 Å². The quantitative estimate of drug-likeness (QED) is 0.679. The Morgan fingerprint density at radius 1 is 1.20 bits per heavy atom. The second-order valence-electron chi connectivity index (χ2n) is 8.24. The van der Waals surface area contributed by atoms with Crippen molar-refractivity contribution in [2.75, 3.05) is 26.3 Å². The SMILES string of the molecule is CC(C)(C)OC(=O)N1CCC(COc2noc3cccc(OCC(F)(F)F)c23)CC1. The number of hydrogen-bond donors (Lipinski definition) is 0. The molecule has 1 fully saturated rings. The summed E-state index contributed by atoms with van der Waals surface area (Å²) in [5.41, 5.74) is -0.263. The number of nitrogens with zero attached hydrogens (tertiary/aromatic N) is 2. The van der Waals surface area contributed by atoms with Gasteiger partial charge in [-0.15, -0.1) is 0 Å². The predicted molar refractivity (Wildman–Crippen MR) is 102 cm³/mol. The van der Waals surface area contributed by atoms with Gasteiger partial charge in [-0.3, -0.25) is 0 Å². The van der Waals surface area contributed by atoms with Crippen molar-refractivity contribution in [3.63, 3.8) is 0 Å². The lowest BCUT2D eigenvalue weighted by molar-refractivity contribution is -0.153. The van der Waals surface area contributed by atoms with Crippen molar-refractivity contribution >= 4 is 17.1 Å². The Balaban J connectivity index is 1.57. The first kappa shape index (κ1) is 22.0. The molecule has 1 aromatic heterocycles. The maximum Gasteiger partial charge on any atom is 0.422 e. The van der Waals surface area contributed by atoms with Crippen LogP contribution < -0.4 is 9.47 Å². The Morgan fingerprint density at radius 2 is 1.90 bits per heavy atom. The summed E-state index contributed by atoms with van der Waals surface area (Å²) in [6.45, 7) is 5.43. The summed E-state index contributed by atoms with van der Waals surface area (Å²) in [5.74, 6) is 0.261. The number of alkyl halides is 3. The van der Waals surface area contributed by atoms with Gasteiger partial charge in [-0.05, 0) is 56.8 Å². The number of piperidine rings is 1. The number of likely N-dealkylation sites (tertiary alicyclic amines) is 1. The summed E-state index contributed by atoms with van der Waals surface area (Å²) < 4.78 is 58.7. The Labute approximate surface area is 172 Å². The van der Waals surface area contributed by atoms with E-state index < -0.39 is 18.4 Å². The molecule has 1 saturated heterocycles. The van der Waals surface area contributed by atoms with Gasteiger partial charge in [0.05, 0.1) is 6.61 Å². The fraction of sp³-hybridized carbons (Fsp3) is 0.600. The predicted octanol–water partition coefficient (Wildman–Crippen LogP) is 4.79. The highest BCUT2D eigenvalue weighted by molar-refractivity contribution is 5.88. The Morgan fingerprint density at radius 3 is 2.53 bits per heavy atom. The molecule has 0 bridgehead atoms. The molecule has 1 amide bonds. The topological polar surface area (TPSA) is 74.0 Å². The van der Waals surface area contributed by atoms with Crippen LogP contribution in [-0.4, -0.2) is 54.2 Å². The van der Waals surface area contributed by atoms with Crippen LogP contribution in [0, 0.1) is 5.92 Å². The van der Waals surface area contributed by atoms with Crippen LogP contribution in [0.3, 0.4) is 0 Å². The van der Waals surface area contributed by atoms with Crippen molar-refractivity contribution < 1.29 is 36.7 Å². The molecular formula is C20H25F3N2O5. The van der Waals surface area contributed by atoms with Crippen molar-refractivity contribution in [2.24, 2.45) is 5.92 Å². The van der Waals surface area contributed by atoms with E-state index in [1.807, 2.05) is 20.8 Å². The van der Waals surface area contributed by atoms with E-state index in [1.54, 1.807) is 11.0 Å². The zero-order chi connectivity index (χ0) is 21.9. The third-order valence-electron chi connectivity index (χ3n) is 4.54. The third-order valence-corrected chi connectivity index (χ3v) is 4.54. The van der Waals surface area contributed by atoms with Crippen LogP contribution in [-0.2, 0) is 4.74 Å². The van der Waals surface area contributed by atoms with Gasteiger partial charge in [0.1, 0.15) is 16.7 Å². The first-order valence-electron chi connectivity index (χ1n) is 9.70. The van der Waals surface area contributed by atoms with E-state index in [2.05, 4.69) is 5.16 Å². The first-order chi connectivity index (χ1) is 14.0. The molecule has 2 heterocycles. The minimum atomic E-state index is -4.46. The van der Waals surface area contributed by atoms with Crippen LogP contribution in [0.1, 0.15) is 33.6 Å². The summed E-state index contributed by atoms with van der Waals surface area (Å²) in [5, 5.41) is 4.10. The van der Waals surface area contributed by atoms with Gasteiger partial charge in [-0.1, -0.05) is 6.07 Å². The number of carbonyl (C=O) groups excluding carboxylic acids is 1. The molecule has 0 radical (unpaired) electrons. The van der Waals surface area contributed by atoms with Crippen LogP contribution in [0.5, 0.6) is 11.6 Å². The Bertz CT molecular complexity index is 867. The van der Waals surface area contributed by atoms with E-state index in [0.717, 1.165) is 0 Å². The second-order valence-corrected chi connectivity index (χ2v) is 8.24. The summed E-state index contributed by atoms with van der Waals surface area (Å²) in [7, 11) is 0. The number of halogens is 3. The molecule has 1 aromatic carbocycles. The van der Waals surface area contributed by atoms with Crippen LogP contribution >= 0.6 is 0 Å². The molecular weight excluding hydrogens is 405 g/mol. The lowest BCUT2D eigenvalue weighted by atomic mass is 9.98. The van der Waals surface area contributed by atoms with Gasteiger partial charge in [0.15, 0.2) is 12.2 Å². The molecule has 3 rings (SSSR count). The van der Waals surface area contributed by atoms with Gasteiger partial charge in [0.25, 0.3) is 5.88 Å². The van der Waals surface area contributed by atoms with Gasteiger partial charge in [0, 0.05) is 13.1 Å². The van der Waals surface area contributed by atoms with Gasteiger partial charge in [-0.2, -0.15) is 13.2 Å². The number of amides is 1. The first-order valence-corrected chi connectivity index (χ1v) is 9.70. The van der Waals surface area contributed by atoms with Gasteiger partial charge < -0.3 is 23.6 Å². The minimum absolute atomic E-state index is 0.000759. The van der Waals surface area contributed by atoms with Gasteiger partial charge >= 0.3 is 12.3 Å². The minimum Gasteiger partial charge on any atom is -0.483 e. The van der Waals surface area contributed by atoms with Crippen molar-refractivity contribution in [1.29, 1.82) is 0 Å². The highest BCUT2D eigenvalue weighted by Crippen LogP contribution is 2.35. The number of rotatable bonds is 5. The Kier molecular flexibility index (Phi) is 6.33. The molecule has 0 atom stereocenters. The zero-order valence-electron chi connectivity index (χ0n) is 17.1. The standard InChI is InChI=1S/C20H25F3N2O5/c1-19(2,3)29-18(26)25-9-7-13(8-10-25)11-27-17-16-14(28-12-20(21,22)23)5-4-6-15(16)30-24-17/h4-6,13H,7-12H2,1-3H3. The molecule has 0 N–H and O–H groups in total. The third kappa shape index (κ3) is 5.93. The summed E-state index contributed by atoms with van der Waals surface area (Å²) in [6, 6.07) is 4.52. The largest absolute Gasteiger partial charge is 0.483 e. The van der Waals surface area contributed by atoms with Crippen LogP contribution in [0.2, 0.25) is 0 Å². The average molecular weight is 430 g/mol. The normalized spacial score (nSPS) is 16.0. The number of aromatic nitrogens is 1. The lowest BCUT2D eigenvalue weighted by Crippen LogP contribution is -2.42. The van der Waals surface area contributed by atoms with Crippen molar-refractivity contribution in [2.45, 2.75) is 45.4 Å². The van der Waals surface area contributed by atoms with Crippen molar-refractivity contribution in [3.8, 4) is 11.6 Å². The number of ether oxygens (including phenoxy) is 3. The molecule has 30 heavy (non-hydrogen) atoms. The molecule has 10 heteroatoms. The van der Waals surface area contributed by atoms with E-state index in [1.165, 1.54) is 12.1 Å². The molecule has 2 aromatic rings. The van der Waals surface area contributed by atoms with Crippen LogP contribution in [0.25, 0.3) is 11.0 Å². The molecule has 0 unspecified atom stereocenters. The summed E-state index contributed by atoms with van der Waals surface area (Å²) in [4.78, 5) is 13.8. The number of benzene rings is 1. The van der Waals surface area contributed by atoms with E-state index in [-0.39, 0.29) is 34.6 Å².